The Bertz CT molecular complexity index is 626. The van der Waals surface area contributed by atoms with Crippen molar-refractivity contribution in [3.05, 3.63) is 24.3 Å². The first-order chi connectivity index (χ1) is 12.6. The van der Waals surface area contributed by atoms with Gasteiger partial charge in [0.1, 0.15) is 0 Å². The number of rotatable bonds is 8. The van der Waals surface area contributed by atoms with Crippen molar-refractivity contribution in [3.8, 4) is 0 Å². The van der Waals surface area contributed by atoms with E-state index in [2.05, 4.69) is 45.1 Å². The van der Waals surface area contributed by atoms with Crippen molar-refractivity contribution in [2.75, 3.05) is 0 Å². The van der Waals surface area contributed by atoms with Crippen LogP contribution in [0.25, 0.3) is 0 Å². The molecule has 6 fully saturated rings. The molecule has 0 saturated heterocycles. The van der Waals surface area contributed by atoms with Gasteiger partial charge >= 0.3 is 0 Å². The van der Waals surface area contributed by atoms with E-state index in [-0.39, 0.29) is 0 Å². The first kappa shape index (κ1) is 16.4. The SMILES string of the molecule is CC(C)/C=C/C1CC1C1CC1C1CC1C1CC1C1CC1/C=C/C1CC1C. The van der Waals surface area contributed by atoms with Crippen LogP contribution in [0.4, 0.5) is 0 Å². The molecule has 0 N–H and O–H groups in total. The molecule has 0 nitrogen and oxygen atoms in total. The molecular weight excluding hydrogens is 312 g/mol. The molecule has 6 saturated carbocycles. The van der Waals surface area contributed by atoms with Crippen LogP contribution in [0, 0.1) is 76.9 Å². The van der Waals surface area contributed by atoms with Crippen LogP contribution in [-0.4, -0.2) is 0 Å². The van der Waals surface area contributed by atoms with Gasteiger partial charge in [-0.2, -0.15) is 0 Å². The quantitative estimate of drug-likeness (QED) is 0.433. The van der Waals surface area contributed by atoms with Gasteiger partial charge in [0.25, 0.3) is 0 Å². The summed E-state index contributed by atoms with van der Waals surface area (Å²) in [5, 5.41) is 0. The summed E-state index contributed by atoms with van der Waals surface area (Å²) in [4.78, 5) is 0. The molecule has 0 heteroatoms. The van der Waals surface area contributed by atoms with Crippen LogP contribution in [0.15, 0.2) is 24.3 Å². The van der Waals surface area contributed by atoms with Crippen molar-refractivity contribution in [1.29, 1.82) is 0 Å². The van der Waals surface area contributed by atoms with E-state index >= 15 is 0 Å². The summed E-state index contributed by atoms with van der Waals surface area (Å²) in [5.74, 6) is 13.8. The van der Waals surface area contributed by atoms with E-state index in [0.717, 1.165) is 59.2 Å². The van der Waals surface area contributed by atoms with Gasteiger partial charge in [0.2, 0.25) is 0 Å². The molecule has 0 spiro atoms. The lowest BCUT2D eigenvalue weighted by Gasteiger charge is -2.00. The standard InChI is InChI=1S/C26H38/c1-14(2)4-5-17-9-19(17)21-11-23(21)25-13-26(25)24-12-22(24)20-10-18(20)7-6-16-8-15(16)3/h4-7,14-26H,8-13H2,1-3H3/b5-4+,7-6+. The maximum atomic E-state index is 2.62. The van der Waals surface area contributed by atoms with Crippen molar-refractivity contribution in [2.45, 2.75) is 59.3 Å². The van der Waals surface area contributed by atoms with E-state index in [4.69, 9.17) is 0 Å². The molecule has 0 radical (unpaired) electrons. The second-order valence-electron chi connectivity index (χ2n) is 11.7. The fraction of sp³-hybridized carbons (Fsp3) is 0.846. The zero-order chi connectivity index (χ0) is 17.6. The first-order valence-corrected chi connectivity index (χ1v) is 12.0. The van der Waals surface area contributed by atoms with Gasteiger partial charge in [0, 0.05) is 0 Å². The van der Waals surface area contributed by atoms with E-state index in [1.165, 1.54) is 37.0 Å². The molecular formula is C26H38. The highest BCUT2D eigenvalue weighted by Gasteiger charge is 2.65. The molecule has 142 valence electrons. The summed E-state index contributed by atoms with van der Waals surface area (Å²) in [6, 6.07) is 0. The zero-order valence-corrected chi connectivity index (χ0v) is 17.1. The third-order valence-electron chi connectivity index (χ3n) is 9.18. The lowest BCUT2D eigenvalue weighted by molar-refractivity contribution is 0.485. The summed E-state index contributed by atoms with van der Waals surface area (Å²) in [6.45, 7) is 7.02. The van der Waals surface area contributed by atoms with Gasteiger partial charge in [-0.1, -0.05) is 45.1 Å². The molecule has 0 aliphatic heterocycles. The Hall–Kier alpha value is -0.520. The lowest BCUT2D eigenvalue weighted by Crippen LogP contribution is -1.96. The van der Waals surface area contributed by atoms with Gasteiger partial charge in [-0.15, -0.1) is 0 Å². The normalized spacial score (nSPS) is 59.2. The van der Waals surface area contributed by atoms with Crippen molar-refractivity contribution >= 4 is 0 Å². The van der Waals surface area contributed by atoms with E-state index in [1.54, 1.807) is 19.3 Å². The molecule has 0 aromatic carbocycles. The topological polar surface area (TPSA) is 0 Å². The number of hydrogen-bond acceptors (Lipinski definition) is 0. The maximum absolute atomic E-state index is 2.62. The van der Waals surface area contributed by atoms with Gasteiger partial charge in [0.15, 0.2) is 0 Å². The lowest BCUT2D eigenvalue weighted by atomic mass is 10.0. The minimum absolute atomic E-state index is 0.736. The van der Waals surface area contributed by atoms with E-state index in [0.29, 0.717) is 0 Å². The molecule has 0 amide bonds. The Balaban J connectivity index is 0.931. The predicted molar refractivity (Wildman–Crippen MR) is 108 cm³/mol. The van der Waals surface area contributed by atoms with Gasteiger partial charge < -0.3 is 0 Å². The molecule has 0 heterocycles. The average Bonchev–Trinajstić information content (AvgIpc) is 3.32. The predicted octanol–water partition coefficient (Wildman–Crippen LogP) is 6.59. The number of allylic oxidation sites excluding steroid dienone is 4. The van der Waals surface area contributed by atoms with E-state index in [1.807, 2.05) is 0 Å². The average molecular weight is 351 g/mol. The first-order valence-electron chi connectivity index (χ1n) is 12.0. The number of hydrogen-bond donors (Lipinski definition) is 0. The molecule has 6 aliphatic carbocycles. The Morgan fingerprint density at radius 2 is 0.962 bits per heavy atom. The Morgan fingerprint density at radius 1 is 0.538 bits per heavy atom. The highest BCUT2D eigenvalue weighted by molar-refractivity contribution is 5.18. The minimum atomic E-state index is 0.736. The molecule has 6 aliphatic rings. The third kappa shape index (κ3) is 3.14. The molecule has 0 aromatic rings. The van der Waals surface area contributed by atoms with Crippen LogP contribution in [0.5, 0.6) is 0 Å². The van der Waals surface area contributed by atoms with E-state index in [9.17, 15) is 0 Å². The van der Waals surface area contributed by atoms with Crippen LogP contribution >= 0.6 is 0 Å². The van der Waals surface area contributed by atoms with Crippen molar-refractivity contribution in [2.24, 2.45) is 76.9 Å². The van der Waals surface area contributed by atoms with E-state index < -0.39 is 0 Å². The van der Waals surface area contributed by atoms with Gasteiger partial charge in [-0.25, -0.2) is 0 Å². The fourth-order valence-electron chi connectivity index (χ4n) is 6.83. The highest BCUT2D eigenvalue weighted by atomic mass is 14.7. The van der Waals surface area contributed by atoms with Crippen molar-refractivity contribution in [3.63, 3.8) is 0 Å². The Labute approximate surface area is 160 Å². The summed E-state index contributed by atoms with van der Waals surface area (Å²) in [5.41, 5.74) is 0. The van der Waals surface area contributed by atoms with Gasteiger partial charge in [-0.3, -0.25) is 0 Å². The summed E-state index contributed by atoms with van der Waals surface area (Å²) in [7, 11) is 0. The summed E-state index contributed by atoms with van der Waals surface area (Å²) >= 11 is 0. The van der Waals surface area contributed by atoms with Crippen LogP contribution in [0.2, 0.25) is 0 Å². The second-order valence-corrected chi connectivity index (χ2v) is 11.7. The third-order valence-corrected chi connectivity index (χ3v) is 9.18. The molecule has 12 unspecified atom stereocenters. The smallest absolute Gasteiger partial charge is 0.0199 e. The molecule has 6 rings (SSSR count). The Kier molecular flexibility index (Phi) is 3.63. The molecule has 26 heavy (non-hydrogen) atoms. The van der Waals surface area contributed by atoms with Gasteiger partial charge in [0.05, 0.1) is 0 Å². The summed E-state index contributed by atoms with van der Waals surface area (Å²) in [6.07, 6.45) is 19.5. The van der Waals surface area contributed by atoms with Crippen LogP contribution in [-0.2, 0) is 0 Å². The maximum Gasteiger partial charge on any atom is -0.0199 e. The van der Waals surface area contributed by atoms with Crippen LogP contribution in [0.3, 0.4) is 0 Å². The highest BCUT2D eigenvalue weighted by Crippen LogP contribution is 2.72. The monoisotopic (exact) mass is 350 g/mol. The zero-order valence-electron chi connectivity index (χ0n) is 17.1. The fourth-order valence-corrected chi connectivity index (χ4v) is 6.83. The summed E-state index contributed by atoms with van der Waals surface area (Å²) < 4.78 is 0. The van der Waals surface area contributed by atoms with Crippen LogP contribution < -0.4 is 0 Å². The molecule has 12 atom stereocenters. The van der Waals surface area contributed by atoms with Crippen molar-refractivity contribution < 1.29 is 0 Å². The second kappa shape index (κ2) is 5.74. The molecule has 0 bridgehead atoms. The molecule has 0 aromatic heterocycles. The van der Waals surface area contributed by atoms with Crippen LogP contribution in [0.1, 0.15) is 59.3 Å². The van der Waals surface area contributed by atoms with Gasteiger partial charge in [-0.05, 0) is 115 Å². The Morgan fingerprint density at radius 3 is 1.42 bits per heavy atom. The largest absolute Gasteiger partial charge is 0.0857 e. The minimum Gasteiger partial charge on any atom is -0.0857 e. The van der Waals surface area contributed by atoms with Crippen molar-refractivity contribution in [1.82, 2.24) is 0 Å².